The van der Waals surface area contributed by atoms with Crippen molar-refractivity contribution in [1.29, 1.82) is 0 Å². The first-order valence-electron chi connectivity index (χ1n) is 11.4. The van der Waals surface area contributed by atoms with E-state index in [4.69, 9.17) is 0 Å². The number of piperazine rings is 1. The van der Waals surface area contributed by atoms with Gasteiger partial charge in [0.05, 0.1) is 23.1 Å². The van der Waals surface area contributed by atoms with E-state index >= 15 is 0 Å². The van der Waals surface area contributed by atoms with Crippen LogP contribution in [-0.2, 0) is 9.59 Å². The van der Waals surface area contributed by atoms with Crippen LogP contribution in [0.15, 0.2) is 48.5 Å². The molecule has 33 heavy (non-hydrogen) atoms. The lowest BCUT2D eigenvalue weighted by molar-refractivity contribution is -0.147. The highest BCUT2D eigenvalue weighted by molar-refractivity contribution is 6.04. The van der Waals surface area contributed by atoms with E-state index in [0.717, 1.165) is 18.5 Å². The Balaban J connectivity index is 1.43. The maximum atomic E-state index is 13.3. The second-order valence-corrected chi connectivity index (χ2v) is 8.63. The summed E-state index contributed by atoms with van der Waals surface area (Å²) in [5.74, 6) is -3.04. The molecule has 2 atom stereocenters. The number of halogens is 1. The number of aliphatic carboxylic acids is 1. The Morgan fingerprint density at radius 3 is 2.18 bits per heavy atom. The van der Waals surface area contributed by atoms with Crippen LogP contribution >= 0.6 is 0 Å². The highest BCUT2D eigenvalue weighted by atomic mass is 19.1. The largest absolute Gasteiger partial charge is 0.481 e. The molecule has 0 radical (unpaired) electrons. The Kier molecular flexibility index (Phi) is 6.91. The second-order valence-electron chi connectivity index (χ2n) is 8.63. The molecule has 1 saturated heterocycles. The minimum Gasteiger partial charge on any atom is -0.481 e. The Hall–Kier alpha value is -3.42. The van der Waals surface area contributed by atoms with Gasteiger partial charge in [0, 0.05) is 31.9 Å². The number of nitrogens with one attached hydrogen (secondary N) is 1. The van der Waals surface area contributed by atoms with Crippen LogP contribution in [-0.4, -0.2) is 54.0 Å². The highest BCUT2D eigenvalue weighted by Crippen LogP contribution is 2.32. The van der Waals surface area contributed by atoms with E-state index in [0.29, 0.717) is 50.3 Å². The number of hydrogen-bond donors (Lipinski definition) is 2. The molecule has 2 aliphatic rings. The molecule has 2 amide bonds. The van der Waals surface area contributed by atoms with Crippen molar-refractivity contribution < 1.29 is 23.9 Å². The molecule has 174 valence electrons. The molecular weight excluding hydrogens is 425 g/mol. The van der Waals surface area contributed by atoms with Gasteiger partial charge in [0.1, 0.15) is 5.82 Å². The first kappa shape index (κ1) is 22.8. The van der Waals surface area contributed by atoms with Crippen molar-refractivity contribution in [3.8, 4) is 0 Å². The van der Waals surface area contributed by atoms with Gasteiger partial charge in [-0.05, 0) is 49.2 Å². The summed E-state index contributed by atoms with van der Waals surface area (Å²) in [6.45, 7) is 2.24. The predicted molar refractivity (Wildman–Crippen MR) is 123 cm³/mol. The molecule has 1 heterocycles. The van der Waals surface area contributed by atoms with Crippen molar-refractivity contribution in [3.05, 3.63) is 59.9 Å². The van der Waals surface area contributed by atoms with E-state index in [1.54, 1.807) is 41.3 Å². The Bertz CT molecular complexity index is 1020. The molecule has 8 heteroatoms. The van der Waals surface area contributed by atoms with Gasteiger partial charge in [0.15, 0.2) is 0 Å². The summed E-state index contributed by atoms with van der Waals surface area (Å²) < 4.78 is 13.2. The predicted octanol–water partition coefficient (Wildman–Crippen LogP) is 3.62. The molecule has 0 aromatic heterocycles. The third-order valence-electron chi connectivity index (χ3n) is 6.59. The molecule has 7 nitrogen and oxygen atoms in total. The minimum atomic E-state index is -0.946. The molecule has 0 bridgehead atoms. The third kappa shape index (κ3) is 5.16. The quantitative estimate of drug-likeness (QED) is 0.722. The summed E-state index contributed by atoms with van der Waals surface area (Å²) >= 11 is 0. The molecule has 2 N–H and O–H groups in total. The number of carbonyl (C=O) groups excluding carboxylic acids is 2. The van der Waals surface area contributed by atoms with Crippen LogP contribution in [0, 0.1) is 17.7 Å². The van der Waals surface area contributed by atoms with Gasteiger partial charge >= 0.3 is 5.97 Å². The average molecular weight is 454 g/mol. The van der Waals surface area contributed by atoms with Gasteiger partial charge in [-0.15, -0.1) is 0 Å². The molecule has 0 unspecified atom stereocenters. The number of anilines is 2. The summed E-state index contributed by atoms with van der Waals surface area (Å²) in [4.78, 5) is 41.6. The van der Waals surface area contributed by atoms with E-state index in [2.05, 4.69) is 10.2 Å². The van der Waals surface area contributed by atoms with E-state index < -0.39 is 17.8 Å². The van der Waals surface area contributed by atoms with Crippen molar-refractivity contribution >= 4 is 29.2 Å². The number of carboxylic acids is 1. The van der Waals surface area contributed by atoms with E-state index in [1.807, 2.05) is 0 Å². The lowest BCUT2D eigenvalue weighted by atomic mass is 9.78. The number of para-hydroxylation sites is 1. The second kappa shape index (κ2) is 10.0. The number of amides is 2. The lowest BCUT2D eigenvalue weighted by Gasteiger charge is -2.36. The number of rotatable bonds is 5. The van der Waals surface area contributed by atoms with Gasteiger partial charge in [0.25, 0.3) is 5.91 Å². The third-order valence-corrected chi connectivity index (χ3v) is 6.59. The van der Waals surface area contributed by atoms with Crippen molar-refractivity contribution in [2.24, 2.45) is 11.8 Å². The fourth-order valence-corrected chi connectivity index (χ4v) is 4.73. The maximum absolute atomic E-state index is 13.3. The first-order chi connectivity index (χ1) is 15.9. The molecule has 1 aliphatic carbocycles. The van der Waals surface area contributed by atoms with Crippen molar-refractivity contribution in [2.45, 2.75) is 25.7 Å². The zero-order chi connectivity index (χ0) is 23.4. The lowest BCUT2D eigenvalue weighted by Crippen LogP contribution is -2.49. The zero-order valence-corrected chi connectivity index (χ0v) is 18.4. The Morgan fingerprint density at radius 2 is 1.52 bits per heavy atom. The summed E-state index contributed by atoms with van der Waals surface area (Å²) in [5, 5.41) is 12.3. The highest BCUT2D eigenvalue weighted by Gasteiger charge is 2.36. The van der Waals surface area contributed by atoms with Gasteiger partial charge in [-0.1, -0.05) is 25.0 Å². The van der Waals surface area contributed by atoms with Crippen molar-refractivity contribution in [3.63, 3.8) is 0 Å². The average Bonchev–Trinajstić information content (AvgIpc) is 2.84. The number of benzene rings is 2. The SMILES string of the molecule is O=C(O)[C@@H]1CCCC[C@H]1C(=O)Nc1ccccc1C(=O)N1CCN(c2ccc(F)cc2)CC1. The number of carboxylic acid groups (broad SMARTS) is 1. The van der Waals surface area contributed by atoms with Crippen LogP contribution in [0.3, 0.4) is 0 Å². The molecule has 2 fully saturated rings. The van der Waals surface area contributed by atoms with Gasteiger partial charge in [-0.25, -0.2) is 4.39 Å². The Labute approximate surface area is 192 Å². The monoisotopic (exact) mass is 453 g/mol. The van der Waals surface area contributed by atoms with Crippen LogP contribution in [0.4, 0.5) is 15.8 Å². The van der Waals surface area contributed by atoms with Crippen LogP contribution in [0.5, 0.6) is 0 Å². The Morgan fingerprint density at radius 1 is 0.879 bits per heavy atom. The molecule has 2 aromatic rings. The normalized spacial score (nSPS) is 20.9. The fraction of sp³-hybridized carbons (Fsp3) is 0.400. The van der Waals surface area contributed by atoms with Crippen molar-refractivity contribution in [2.75, 3.05) is 36.4 Å². The van der Waals surface area contributed by atoms with Crippen LogP contribution < -0.4 is 10.2 Å². The van der Waals surface area contributed by atoms with Gasteiger partial charge in [-0.2, -0.15) is 0 Å². The number of hydrogen-bond acceptors (Lipinski definition) is 4. The van der Waals surface area contributed by atoms with Gasteiger partial charge < -0.3 is 20.2 Å². The summed E-state index contributed by atoms with van der Waals surface area (Å²) in [6.07, 6.45) is 2.65. The zero-order valence-electron chi connectivity index (χ0n) is 18.4. The summed E-state index contributed by atoms with van der Waals surface area (Å²) in [7, 11) is 0. The van der Waals surface area contributed by atoms with Crippen LogP contribution in [0.1, 0.15) is 36.0 Å². The van der Waals surface area contributed by atoms with Crippen molar-refractivity contribution in [1.82, 2.24) is 4.90 Å². The van der Waals surface area contributed by atoms with E-state index in [9.17, 15) is 23.9 Å². The smallest absolute Gasteiger partial charge is 0.307 e. The molecule has 4 rings (SSSR count). The molecule has 0 spiro atoms. The van der Waals surface area contributed by atoms with Gasteiger partial charge in [0.2, 0.25) is 5.91 Å². The summed E-state index contributed by atoms with van der Waals surface area (Å²) in [5.41, 5.74) is 1.71. The molecule has 1 aliphatic heterocycles. The first-order valence-corrected chi connectivity index (χ1v) is 11.4. The topological polar surface area (TPSA) is 89.9 Å². The molecular formula is C25H28FN3O4. The molecule has 1 saturated carbocycles. The van der Waals surface area contributed by atoms with E-state index in [1.165, 1.54) is 12.1 Å². The standard InChI is InChI=1S/C25H28FN3O4/c26-17-9-11-18(12-10-17)28-13-15-29(16-14-28)24(31)21-7-3-4-8-22(21)27-23(30)19-5-1-2-6-20(19)25(32)33/h3-4,7-12,19-20H,1-2,5-6,13-16H2,(H,27,30)(H,32,33)/t19-,20-/m1/s1. The van der Waals surface area contributed by atoms with E-state index in [-0.39, 0.29) is 17.6 Å². The number of nitrogens with zero attached hydrogens (tertiary/aromatic N) is 2. The minimum absolute atomic E-state index is 0.178. The summed E-state index contributed by atoms with van der Waals surface area (Å²) in [6, 6.07) is 13.2. The van der Waals surface area contributed by atoms with Crippen LogP contribution in [0.2, 0.25) is 0 Å². The fourth-order valence-electron chi connectivity index (χ4n) is 4.73. The van der Waals surface area contributed by atoms with Crippen LogP contribution in [0.25, 0.3) is 0 Å². The molecule has 2 aromatic carbocycles. The number of carbonyl (C=O) groups is 3. The van der Waals surface area contributed by atoms with Gasteiger partial charge in [-0.3, -0.25) is 14.4 Å². The maximum Gasteiger partial charge on any atom is 0.307 e.